The van der Waals surface area contributed by atoms with Gasteiger partial charge in [-0.05, 0) is 62.6 Å². The van der Waals surface area contributed by atoms with Gasteiger partial charge in [0.25, 0.3) is 0 Å². The van der Waals surface area contributed by atoms with Crippen molar-refractivity contribution in [1.82, 2.24) is 19.7 Å². The number of carbonyl (C=O) groups excluding carboxylic acids is 1. The Balaban J connectivity index is 1.28. The summed E-state index contributed by atoms with van der Waals surface area (Å²) in [6, 6.07) is 6.09. The van der Waals surface area contributed by atoms with Gasteiger partial charge in [-0.2, -0.15) is 10.1 Å². The van der Waals surface area contributed by atoms with Crippen LogP contribution in [0, 0.1) is 13.8 Å². The van der Waals surface area contributed by atoms with Crippen molar-refractivity contribution < 1.29 is 9.53 Å². The van der Waals surface area contributed by atoms with Crippen molar-refractivity contribution in [3.63, 3.8) is 0 Å². The van der Waals surface area contributed by atoms with Gasteiger partial charge in [0.05, 0.1) is 5.69 Å². The molecule has 1 fully saturated rings. The molecule has 6 nitrogen and oxygen atoms in total. The minimum atomic E-state index is 0.0520. The van der Waals surface area contributed by atoms with E-state index in [-0.39, 0.29) is 18.3 Å². The molecule has 6 heteroatoms. The molecule has 150 valence electrons. The quantitative estimate of drug-likeness (QED) is 0.638. The number of rotatable bonds is 6. The van der Waals surface area contributed by atoms with Crippen molar-refractivity contribution in [2.24, 2.45) is 7.05 Å². The molecule has 0 amide bonds. The molecule has 1 atom stereocenters. The lowest BCUT2D eigenvalue weighted by Crippen LogP contribution is -2.15. The lowest BCUT2D eigenvalue weighted by Gasteiger charge is -2.11. The van der Waals surface area contributed by atoms with Crippen LogP contribution in [0.4, 0.5) is 0 Å². The summed E-state index contributed by atoms with van der Waals surface area (Å²) in [5.74, 6) is 1.43. The van der Waals surface area contributed by atoms with Gasteiger partial charge in [0.1, 0.15) is 6.61 Å². The number of hydrogen-bond donors (Lipinski definition) is 0. The van der Waals surface area contributed by atoms with Crippen LogP contribution in [0.3, 0.4) is 0 Å². The van der Waals surface area contributed by atoms with Gasteiger partial charge in [0, 0.05) is 42.2 Å². The number of aryl methyl sites for hydroxylation is 4. The monoisotopic (exact) mass is 390 g/mol. The number of Topliss-reactive ketones (excluding diaryl/α,β-unsaturated/α-hetero) is 1. The van der Waals surface area contributed by atoms with Crippen molar-refractivity contribution in [2.45, 2.75) is 57.8 Å². The van der Waals surface area contributed by atoms with E-state index in [9.17, 15) is 4.79 Å². The van der Waals surface area contributed by atoms with Crippen LogP contribution in [-0.2, 0) is 18.3 Å². The first-order valence-electron chi connectivity index (χ1n) is 10.4. The lowest BCUT2D eigenvalue weighted by molar-refractivity contribution is -0.121. The first-order valence-corrected chi connectivity index (χ1v) is 10.4. The van der Waals surface area contributed by atoms with E-state index >= 15 is 0 Å². The summed E-state index contributed by atoms with van der Waals surface area (Å²) in [4.78, 5) is 21.8. The summed E-state index contributed by atoms with van der Waals surface area (Å²) in [5.41, 5.74) is 6.50. The first kappa shape index (κ1) is 18.3. The third-order valence-electron chi connectivity index (χ3n) is 6.13. The minimum Gasteiger partial charge on any atom is -0.470 e. The van der Waals surface area contributed by atoms with Gasteiger partial charge in [-0.15, -0.1) is 0 Å². The largest absolute Gasteiger partial charge is 0.470 e. The fourth-order valence-electron chi connectivity index (χ4n) is 4.51. The van der Waals surface area contributed by atoms with E-state index in [1.54, 1.807) is 0 Å². The molecule has 0 aromatic carbocycles. The highest BCUT2D eigenvalue weighted by Crippen LogP contribution is 2.43. The molecule has 5 rings (SSSR count). The Morgan fingerprint density at radius 3 is 2.83 bits per heavy atom. The maximum Gasteiger partial charge on any atom is 0.215 e. The summed E-state index contributed by atoms with van der Waals surface area (Å²) >= 11 is 0. The van der Waals surface area contributed by atoms with Crippen molar-refractivity contribution in [3.05, 3.63) is 46.4 Å². The topological polar surface area (TPSA) is 69.9 Å². The van der Waals surface area contributed by atoms with E-state index < -0.39 is 0 Å². The molecule has 2 aliphatic rings. The van der Waals surface area contributed by atoms with E-state index in [2.05, 4.69) is 28.1 Å². The van der Waals surface area contributed by atoms with Crippen molar-refractivity contribution in [3.8, 4) is 5.88 Å². The lowest BCUT2D eigenvalue weighted by atomic mass is 9.96. The molecule has 0 N–H and O–H groups in total. The minimum absolute atomic E-state index is 0.0520. The molecule has 0 spiro atoms. The summed E-state index contributed by atoms with van der Waals surface area (Å²) < 4.78 is 7.63. The second-order valence-electron chi connectivity index (χ2n) is 8.51. The number of pyridine rings is 2. The van der Waals surface area contributed by atoms with Crippen molar-refractivity contribution >= 4 is 16.8 Å². The van der Waals surface area contributed by atoms with E-state index in [4.69, 9.17) is 4.74 Å². The second-order valence-corrected chi connectivity index (χ2v) is 8.51. The summed E-state index contributed by atoms with van der Waals surface area (Å²) in [6.45, 7) is 4.13. The van der Waals surface area contributed by atoms with E-state index in [1.807, 2.05) is 30.8 Å². The molecule has 0 radical (unpaired) electrons. The SMILES string of the molecule is Cc1ccc2c(n1)CC[C@@H]2CC(=O)COc1cc(C)c2c(C3CC3)nn(C)c2n1. The Kier molecular flexibility index (Phi) is 4.37. The molecular weight excluding hydrogens is 364 g/mol. The zero-order valence-electron chi connectivity index (χ0n) is 17.2. The van der Waals surface area contributed by atoms with Crippen LogP contribution in [0.2, 0.25) is 0 Å². The highest BCUT2D eigenvalue weighted by Gasteiger charge is 2.30. The molecule has 0 unspecified atom stereocenters. The zero-order chi connectivity index (χ0) is 20.1. The van der Waals surface area contributed by atoms with Crippen LogP contribution in [-0.4, -0.2) is 32.1 Å². The summed E-state index contributed by atoms with van der Waals surface area (Å²) in [7, 11) is 1.92. The maximum absolute atomic E-state index is 12.6. The Morgan fingerprint density at radius 2 is 2.03 bits per heavy atom. The molecule has 0 saturated heterocycles. The van der Waals surface area contributed by atoms with Crippen LogP contribution in [0.25, 0.3) is 11.0 Å². The molecular formula is C23H26N4O2. The Labute approximate surface area is 170 Å². The van der Waals surface area contributed by atoms with Crippen LogP contribution in [0.1, 0.15) is 65.7 Å². The van der Waals surface area contributed by atoms with Gasteiger partial charge in [-0.1, -0.05) is 6.07 Å². The average Bonchev–Trinajstić information content (AvgIpc) is 3.39. The summed E-state index contributed by atoms with van der Waals surface area (Å²) in [6.07, 6.45) is 4.85. The van der Waals surface area contributed by atoms with Crippen LogP contribution < -0.4 is 4.74 Å². The van der Waals surface area contributed by atoms with Gasteiger partial charge in [0.2, 0.25) is 5.88 Å². The third-order valence-corrected chi connectivity index (χ3v) is 6.13. The van der Waals surface area contributed by atoms with Gasteiger partial charge >= 0.3 is 0 Å². The standard InChI is InChI=1S/C23H26N4O2/c1-13-10-20(25-23-21(13)22(15-5-6-15)26-27(23)3)29-12-17(28)11-16-7-9-19-18(16)8-4-14(2)24-19/h4,8,10,15-16H,5-7,9,11-12H2,1-3H3/t16-/m1/s1. The number of ether oxygens (including phenoxy) is 1. The second kappa shape index (κ2) is 6.94. The number of carbonyl (C=O) groups is 1. The van der Waals surface area contributed by atoms with Crippen LogP contribution in [0.15, 0.2) is 18.2 Å². The molecule has 0 aliphatic heterocycles. The van der Waals surface area contributed by atoms with Crippen molar-refractivity contribution in [1.29, 1.82) is 0 Å². The number of hydrogen-bond acceptors (Lipinski definition) is 5. The average molecular weight is 390 g/mol. The van der Waals surface area contributed by atoms with Crippen LogP contribution >= 0.6 is 0 Å². The molecule has 2 aliphatic carbocycles. The molecule has 3 aromatic rings. The zero-order valence-corrected chi connectivity index (χ0v) is 17.2. The Hall–Kier alpha value is -2.76. The fraction of sp³-hybridized carbons (Fsp3) is 0.478. The highest BCUT2D eigenvalue weighted by molar-refractivity contribution is 5.84. The summed E-state index contributed by atoms with van der Waals surface area (Å²) in [5, 5.41) is 5.81. The van der Waals surface area contributed by atoms with Gasteiger partial charge in [0.15, 0.2) is 11.4 Å². The van der Waals surface area contributed by atoms with E-state index in [1.165, 1.54) is 18.4 Å². The first-order chi connectivity index (χ1) is 14.0. The molecule has 29 heavy (non-hydrogen) atoms. The predicted molar refractivity (Wildman–Crippen MR) is 110 cm³/mol. The van der Waals surface area contributed by atoms with E-state index in [0.717, 1.165) is 46.5 Å². The maximum atomic E-state index is 12.6. The predicted octanol–water partition coefficient (Wildman–Crippen LogP) is 3.93. The third kappa shape index (κ3) is 3.41. The van der Waals surface area contributed by atoms with Gasteiger partial charge in [-0.3, -0.25) is 14.5 Å². The number of nitrogens with zero attached hydrogens (tertiary/aromatic N) is 4. The Morgan fingerprint density at radius 1 is 1.21 bits per heavy atom. The fourth-order valence-corrected chi connectivity index (χ4v) is 4.51. The molecule has 1 saturated carbocycles. The highest BCUT2D eigenvalue weighted by atomic mass is 16.5. The number of ketones is 1. The van der Waals surface area contributed by atoms with Gasteiger partial charge in [-0.25, -0.2) is 0 Å². The number of aromatic nitrogens is 4. The molecule has 3 aromatic heterocycles. The Bertz CT molecular complexity index is 1110. The number of fused-ring (bicyclic) bond motifs is 2. The normalized spacial score (nSPS) is 18.2. The van der Waals surface area contributed by atoms with Crippen LogP contribution in [0.5, 0.6) is 5.88 Å². The van der Waals surface area contributed by atoms with E-state index in [0.29, 0.717) is 18.2 Å². The smallest absolute Gasteiger partial charge is 0.215 e. The molecule has 0 bridgehead atoms. The van der Waals surface area contributed by atoms with Crippen molar-refractivity contribution in [2.75, 3.05) is 6.61 Å². The van der Waals surface area contributed by atoms with Gasteiger partial charge < -0.3 is 4.74 Å². The molecule has 3 heterocycles.